The third-order valence-corrected chi connectivity index (χ3v) is 1.63. The van der Waals surface area contributed by atoms with Crippen molar-refractivity contribution in [3.63, 3.8) is 0 Å². The molecule has 0 amide bonds. The van der Waals surface area contributed by atoms with Crippen LogP contribution in [0, 0.1) is 0 Å². The summed E-state index contributed by atoms with van der Waals surface area (Å²) in [6, 6.07) is 0.240. The first kappa shape index (κ1) is 7.02. The summed E-state index contributed by atoms with van der Waals surface area (Å²) in [5.41, 5.74) is 6.25. The SMILES string of the molecule is NC1=NCC(c2cncnc2)O1. The zero-order valence-electron chi connectivity index (χ0n) is 6.34. The average Bonchev–Trinajstić information content (AvgIpc) is 2.54. The number of aliphatic imine (C=N–C) groups is 1. The van der Waals surface area contributed by atoms with Crippen LogP contribution in [0.2, 0.25) is 0 Å². The van der Waals surface area contributed by atoms with Crippen LogP contribution in [0.1, 0.15) is 11.7 Å². The summed E-state index contributed by atoms with van der Waals surface area (Å²) < 4.78 is 5.20. The topological polar surface area (TPSA) is 73.4 Å². The van der Waals surface area contributed by atoms with Crippen LogP contribution in [-0.2, 0) is 4.74 Å². The Bertz CT molecular complexity index is 298. The minimum absolute atomic E-state index is 0.105. The molecule has 0 radical (unpaired) electrons. The van der Waals surface area contributed by atoms with Gasteiger partial charge in [0, 0.05) is 18.0 Å². The number of nitrogens with two attached hydrogens (primary N) is 1. The number of nitrogens with zero attached hydrogens (tertiary/aromatic N) is 3. The van der Waals surface area contributed by atoms with Gasteiger partial charge in [0.25, 0.3) is 6.02 Å². The molecule has 0 spiro atoms. The Kier molecular flexibility index (Phi) is 1.62. The fourth-order valence-corrected chi connectivity index (χ4v) is 1.04. The summed E-state index contributed by atoms with van der Waals surface area (Å²) >= 11 is 0. The van der Waals surface area contributed by atoms with Gasteiger partial charge in [-0.05, 0) is 0 Å². The second kappa shape index (κ2) is 2.77. The molecule has 1 atom stereocenters. The molecule has 1 aromatic rings. The van der Waals surface area contributed by atoms with Crippen molar-refractivity contribution >= 4 is 6.02 Å². The smallest absolute Gasteiger partial charge is 0.282 e. The molecule has 0 fully saturated rings. The average molecular weight is 164 g/mol. The molecule has 0 saturated carbocycles. The van der Waals surface area contributed by atoms with Crippen molar-refractivity contribution in [2.24, 2.45) is 10.7 Å². The summed E-state index contributed by atoms with van der Waals surface area (Å²) in [5, 5.41) is 0. The monoisotopic (exact) mass is 164 g/mol. The lowest BCUT2D eigenvalue weighted by Gasteiger charge is -2.07. The molecule has 5 nitrogen and oxygen atoms in total. The molecule has 62 valence electrons. The predicted octanol–water partition coefficient (Wildman–Crippen LogP) is -0.137. The molecule has 0 bridgehead atoms. The first-order valence-electron chi connectivity index (χ1n) is 3.58. The van der Waals surface area contributed by atoms with Crippen LogP contribution < -0.4 is 5.73 Å². The Morgan fingerprint density at radius 1 is 1.42 bits per heavy atom. The number of hydrogen-bond donors (Lipinski definition) is 1. The van der Waals surface area contributed by atoms with Crippen LogP contribution in [0.25, 0.3) is 0 Å². The Morgan fingerprint density at radius 3 is 2.75 bits per heavy atom. The predicted molar refractivity (Wildman–Crippen MR) is 42.3 cm³/mol. The minimum Gasteiger partial charge on any atom is -0.455 e. The van der Waals surface area contributed by atoms with Crippen molar-refractivity contribution in [3.8, 4) is 0 Å². The molecule has 1 aliphatic heterocycles. The number of aromatic nitrogens is 2. The van der Waals surface area contributed by atoms with Crippen LogP contribution in [-0.4, -0.2) is 22.5 Å². The Balaban J connectivity index is 2.14. The molecule has 1 unspecified atom stereocenters. The Morgan fingerprint density at radius 2 is 2.17 bits per heavy atom. The van der Waals surface area contributed by atoms with E-state index in [0.29, 0.717) is 6.54 Å². The standard InChI is InChI=1S/C7H8N4O/c8-7-11-3-6(12-7)5-1-9-4-10-2-5/h1-2,4,6H,3H2,(H2,8,11). The molecule has 12 heavy (non-hydrogen) atoms. The summed E-state index contributed by atoms with van der Waals surface area (Å²) in [4.78, 5) is 11.7. The van der Waals surface area contributed by atoms with E-state index in [0.717, 1.165) is 5.56 Å². The van der Waals surface area contributed by atoms with Gasteiger partial charge in [0.05, 0.1) is 6.54 Å². The molecular weight excluding hydrogens is 156 g/mol. The van der Waals surface area contributed by atoms with Gasteiger partial charge < -0.3 is 10.5 Å². The second-order valence-corrected chi connectivity index (χ2v) is 2.46. The van der Waals surface area contributed by atoms with Gasteiger partial charge in [-0.3, -0.25) is 0 Å². The normalized spacial score (nSPS) is 21.7. The van der Waals surface area contributed by atoms with Gasteiger partial charge in [-0.15, -0.1) is 0 Å². The van der Waals surface area contributed by atoms with Crippen LogP contribution in [0.15, 0.2) is 23.7 Å². The fourth-order valence-electron chi connectivity index (χ4n) is 1.04. The van der Waals surface area contributed by atoms with E-state index in [-0.39, 0.29) is 12.1 Å². The number of rotatable bonds is 1. The van der Waals surface area contributed by atoms with Gasteiger partial charge in [-0.2, -0.15) is 0 Å². The molecule has 5 heteroatoms. The zero-order valence-corrected chi connectivity index (χ0v) is 6.34. The van der Waals surface area contributed by atoms with Crippen molar-refractivity contribution in [2.45, 2.75) is 6.10 Å². The summed E-state index contributed by atoms with van der Waals surface area (Å²) in [6.45, 7) is 0.555. The van der Waals surface area contributed by atoms with Crippen molar-refractivity contribution in [3.05, 3.63) is 24.3 Å². The molecule has 0 saturated heterocycles. The molecule has 1 aliphatic rings. The lowest BCUT2D eigenvalue weighted by atomic mass is 10.2. The van der Waals surface area contributed by atoms with Crippen LogP contribution >= 0.6 is 0 Å². The van der Waals surface area contributed by atoms with E-state index in [1.807, 2.05) is 0 Å². The highest BCUT2D eigenvalue weighted by Crippen LogP contribution is 2.19. The van der Waals surface area contributed by atoms with Crippen molar-refractivity contribution in [1.29, 1.82) is 0 Å². The van der Waals surface area contributed by atoms with E-state index in [4.69, 9.17) is 10.5 Å². The van der Waals surface area contributed by atoms with E-state index in [1.54, 1.807) is 12.4 Å². The molecule has 0 aromatic carbocycles. The third-order valence-electron chi connectivity index (χ3n) is 1.63. The second-order valence-electron chi connectivity index (χ2n) is 2.46. The van der Waals surface area contributed by atoms with Crippen LogP contribution in [0.4, 0.5) is 0 Å². The summed E-state index contributed by atoms with van der Waals surface area (Å²) in [7, 11) is 0. The van der Waals surface area contributed by atoms with Crippen LogP contribution in [0.3, 0.4) is 0 Å². The highest BCUT2D eigenvalue weighted by atomic mass is 16.5. The fraction of sp³-hybridized carbons (Fsp3) is 0.286. The van der Waals surface area contributed by atoms with E-state index in [1.165, 1.54) is 6.33 Å². The molecular formula is C7H8N4O. The third kappa shape index (κ3) is 1.20. The van der Waals surface area contributed by atoms with Crippen molar-refractivity contribution in [2.75, 3.05) is 6.54 Å². The lowest BCUT2D eigenvalue weighted by Crippen LogP contribution is -2.13. The number of hydrogen-bond acceptors (Lipinski definition) is 5. The molecule has 1 aromatic heterocycles. The minimum atomic E-state index is -0.105. The largest absolute Gasteiger partial charge is 0.455 e. The first-order valence-corrected chi connectivity index (χ1v) is 3.58. The molecule has 2 N–H and O–H groups in total. The first-order chi connectivity index (χ1) is 5.86. The van der Waals surface area contributed by atoms with Gasteiger partial charge in [-0.25, -0.2) is 15.0 Å². The van der Waals surface area contributed by atoms with E-state index in [9.17, 15) is 0 Å². The van der Waals surface area contributed by atoms with Gasteiger partial charge in [0.15, 0.2) is 0 Å². The lowest BCUT2D eigenvalue weighted by molar-refractivity contribution is 0.225. The number of ether oxygens (including phenoxy) is 1. The van der Waals surface area contributed by atoms with E-state index >= 15 is 0 Å². The highest BCUT2D eigenvalue weighted by molar-refractivity contribution is 5.73. The van der Waals surface area contributed by atoms with Gasteiger partial charge in [-0.1, -0.05) is 0 Å². The maximum absolute atomic E-state index is 5.35. The maximum atomic E-state index is 5.35. The van der Waals surface area contributed by atoms with Crippen LogP contribution in [0.5, 0.6) is 0 Å². The quantitative estimate of drug-likeness (QED) is 0.627. The summed E-state index contributed by atoms with van der Waals surface area (Å²) in [6.07, 6.45) is 4.77. The van der Waals surface area contributed by atoms with Crippen molar-refractivity contribution in [1.82, 2.24) is 9.97 Å². The van der Waals surface area contributed by atoms with Gasteiger partial charge in [0.2, 0.25) is 0 Å². The Hall–Kier alpha value is -1.65. The summed E-state index contributed by atoms with van der Waals surface area (Å²) in [5.74, 6) is 0. The molecule has 2 heterocycles. The van der Waals surface area contributed by atoms with Gasteiger partial charge in [0.1, 0.15) is 12.4 Å². The molecule has 0 aliphatic carbocycles. The van der Waals surface area contributed by atoms with Crippen molar-refractivity contribution < 1.29 is 4.74 Å². The number of amidine groups is 1. The van der Waals surface area contributed by atoms with E-state index in [2.05, 4.69) is 15.0 Å². The maximum Gasteiger partial charge on any atom is 0.282 e. The Labute approximate surface area is 69.3 Å². The zero-order chi connectivity index (χ0) is 8.39. The highest BCUT2D eigenvalue weighted by Gasteiger charge is 2.19. The van der Waals surface area contributed by atoms with Gasteiger partial charge >= 0.3 is 0 Å². The van der Waals surface area contributed by atoms with E-state index < -0.39 is 0 Å². The molecule has 2 rings (SSSR count).